The number of hydrogen-bond acceptors (Lipinski definition) is 2. The van der Waals surface area contributed by atoms with Crippen LogP contribution in [0.25, 0.3) is 0 Å². The van der Waals surface area contributed by atoms with Crippen molar-refractivity contribution in [2.45, 2.75) is 32.2 Å². The Bertz CT molecular complexity index is 508. The summed E-state index contributed by atoms with van der Waals surface area (Å²) in [4.78, 5) is 25.5. The minimum Gasteiger partial charge on any atom is -0.291 e. The van der Waals surface area contributed by atoms with Crippen molar-refractivity contribution in [2.24, 2.45) is 5.92 Å². The largest absolute Gasteiger partial charge is 0.328 e. The highest BCUT2D eigenvalue weighted by atomic mass is 16.2. The number of imide groups is 1. The molecule has 1 N–H and O–H groups in total. The van der Waals surface area contributed by atoms with Crippen molar-refractivity contribution in [2.75, 3.05) is 4.90 Å². The molecule has 0 aromatic heterocycles. The molecular weight excluding hydrogens is 228 g/mol. The molecule has 3 rings (SSSR count). The van der Waals surface area contributed by atoms with E-state index >= 15 is 0 Å². The Morgan fingerprint density at radius 2 is 2.00 bits per heavy atom. The number of benzene rings is 1. The summed E-state index contributed by atoms with van der Waals surface area (Å²) in [7, 11) is 0. The number of urea groups is 1. The van der Waals surface area contributed by atoms with Crippen LogP contribution >= 0.6 is 0 Å². The quantitative estimate of drug-likeness (QED) is 0.822. The Hall–Kier alpha value is -1.84. The van der Waals surface area contributed by atoms with Gasteiger partial charge in [0.15, 0.2) is 0 Å². The van der Waals surface area contributed by atoms with Crippen molar-refractivity contribution in [1.82, 2.24) is 5.32 Å². The number of carbonyl (C=O) groups excluding carboxylic acids is 2. The van der Waals surface area contributed by atoms with E-state index in [9.17, 15) is 9.59 Å². The molecule has 1 saturated carbocycles. The number of rotatable bonds is 1. The molecule has 3 amide bonds. The van der Waals surface area contributed by atoms with Crippen LogP contribution in [0.3, 0.4) is 0 Å². The number of nitrogens with one attached hydrogen (secondary N) is 1. The molecule has 0 radical (unpaired) electrons. The smallest absolute Gasteiger partial charge is 0.291 e. The molecule has 1 aromatic carbocycles. The van der Waals surface area contributed by atoms with E-state index in [-0.39, 0.29) is 23.9 Å². The fraction of sp³-hybridized carbons (Fsp3) is 0.429. The van der Waals surface area contributed by atoms with E-state index in [1.165, 1.54) is 5.56 Å². The maximum Gasteiger partial charge on any atom is 0.328 e. The van der Waals surface area contributed by atoms with Gasteiger partial charge in [-0.05, 0) is 37.8 Å². The second-order valence-electron chi connectivity index (χ2n) is 5.12. The minimum absolute atomic E-state index is 0.0575. The molecule has 18 heavy (non-hydrogen) atoms. The lowest BCUT2D eigenvalue weighted by Gasteiger charge is -2.22. The molecule has 1 atom stereocenters. The average Bonchev–Trinajstić information content (AvgIpc) is 3.11. The number of carbonyl (C=O) groups is 2. The molecule has 0 saturated heterocycles. The van der Waals surface area contributed by atoms with Gasteiger partial charge in [-0.2, -0.15) is 0 Å². The van der Waals surface area contributed by atoms with Crippen molar-refractivity contribution in [3.8, 4) is 0 Å². The first-order chi connectivity index (χ1) is 8.66. The van der Waals surface area contributed by atoms with Crippen molar-refractivity contribution < 1.29 is 9.59 Å². The maximum atomic E-state index is 12.2. The van der Waals surface area contributed by atoms with Crippen LogP contribution in [0.2, 0.25) is 0 Å². The molecule has 1 aliphatic carbocycles. The third-order valence-electron chi connectivity index (χ3n) is 3.60. The highest BCUT2D eigenvalue weighted by Crippen LogP contribution is 2.32. The van der Waals surface area contributed by atoms with Gasteiger partial charge >= 0.3 is 6.03 Å². The van der Waals surface area contributed by atoms with Gasteiger partial charge in [-0.25, -0.2) is 4.79 Å². The van der Waals surface area contributed by atoms with Gasteiger partial charge in [0.1, 0.15) is 0 Å². The zero-order valence-electron chi connectivity index (χ0n) is 10.3. The molecule has 4 nitrogen and oxygen atoms in total. The fourth-order valence-corrected chi connectivity index (χ4v) is 2.49. The van der Waals surface area contributed by atoms with E-state index in [1.807, 2.05) is 31.2 Å². The third kappa shape index (κ3) is 1.88. The minimum atomic E-state index is -0.288. The normalized spacial score (nSPS) is 21.6. The Morgan fingerprint density at radius 3 is 2.72 bits per heavy atom. The summed E-state index contributed by atoms with van der Waals surface area (Å²) in [6.07, 6.45) is 2.66. The summed E-state index contributed by atoms with van der Waals surface area (Å²) in [6, 6.07) is 7.67. The van der Waals surface area contributed by atoms with E-state index < -0.39 is 0 Å². The Kier molecular flexibility index (Phi) is 2.58. The van der Waals surface area contributed by atoms with Crippen LogP contribution in [0.15, 0.2) is 24.3 Å². The van der Waals surface area contributed by atoms with Crippen molar-refractivity contribution in [3.63, 3.8) is 0 Å². The number of para-hydroxylation sites is 1. The van der Waals surface area contributed by atoms with Crippen LogP contribution in [-0.2, 0) is 11.2 Å². The van der Waals surface area contributed by atoms with Gasteiger partial charge in [0.05, 0.1) is 0 Å². The molecule has 1 unspecified atom stereocenters. The monoisotopic (exact) mass is 244 g/mol. The van der Waals surface area contributed by atoms with Gasteiger partial charge in [0, 0.05) is 17.6 Å². The van der Waals surface area contributed by atoms with Gasteiger partial charge in [-0.15, -0.1) is 0 Å². The van der Waals surface area contributed by atoms with Gasteiger partial charge in [0.2, 0.25) is 5.91 Å². The summed E-state index contributed by atoms with van der Waals surface area (Å²) in [5.74, 6) is -0.0707. The van der Waals surface area contributed by atoms with Crippen LogP contribution in [0, 0.1) is 5.92 Å². The lowest BCUT2D eigenvalue weighted by molar-refractivity contribution is -0.121. The van der Waals surface area contributed by atoms with E-state index in [1.54, 1.807) is 4.90 Å². The summed E-state index contributed by atoms with van der Waals surface area (Å²) < 4.78 is 0. The molecule has 0 bridgehead atoms. The number of amides is 3. The molecule has 2 aliphatic rings. The third-order valence-corrected chi connectivity index (χ3v) is 3.60. The molecule has 4 heteroatoms. The van der Waals surface area contributed by atoms with Gasteiger partial charge < -0.3 is 0 Å². The Morgan fingerprint density at radius 1 is 1.28 bits per heavy atom. The topological polar surface area (TPSA) is 49.4 Å². The van der Waals surface area contributed by atoms with E-state index in [0.717, 1.165) is 24.9 Å². The van der Waals surface area contributed by atoms with Gasteiger partial charge in [-0.3, -0.25) is 15.0 Å². The van der Waals surface area contributed by atoms with E-state index in [4.69, 9.17) is 0 Å². The van der Waals surface area contributed by atoms with Crippen molar-refractivity contribution >= 4 is 17.6 Å². The number of anilines is 1. The maximum absolute atomic E-state index is 12.2. The van der Waals surface area contributed by atoms with Crippen LogP contribution in [-0.4, -0.2) is 18.0 Å². The second kappa shape index (κ2) is 4.12. The van der Waals surface area contributed by atoms with Gasteiger partial charge in [0.25, 0.3) is 0 Å². The summed E-state index contributed by atoms with van der Waals surface area (Å²) in [5.41, 5.74) is 2.09. The highest BCUT2D eigenvalue weighted by molar-refractivity contribution is 6.05. The predicted octanol–water partition coefficient (Wildman–Crippen LogP) is 2.08. The average molecular weight is 244 g/mol. The molecule has 1 aliphatic heterocycles. The standard InChI is InChI=1S/C14H16N2O2/c1-9-8-11-4-2-3-5-12(11)16(9)14(18)15-13(17)10-6-7-10/h2-5,9-10H,6-8H2,1H3,(H,15,17,18). The second-order valence-corrected chi connectivity index (χ2v) is 5.12. The van der Waals surface area contributed by atoms with E-state index in [0.29, 0.717) is 0 Å². The summed E-state index contributed by atoms with van der Waals surface area (Å²) in [6.45, 7) is 2.00. The first kappa shape index (κ1) is 11.3. The predicted molar refractivity (Wildman–Crippen MR) is 68.3 cm³/mol. The Labute approximate surface area is 106 Å². The van der Waals surface area contributed by atoms with Gasteiger partial charge in [-0.1, -0.05) is 18.2 Å². The van der Waals surface area contributed by atoms with E-state index in [2.05, 4.69) is 5.32 Å². The van der Waals surface area contributed by atoms with Crippen molar-refractivity contribution in [3.05, 3.63) is 29.8 Å². The first-order valence-electron chi connectivity index (χ1n) is 6.39. The first-order valence-corrected chi connectivity index (χ1v) is 6.39. The molecule has 0 spiro atoms. The van der Waals surface area contributed by atoms with Crippen LogP contribution in [0.4, 0.5) is 10.5 Å². The molecular formula is C14H16N2O2. The van der Waals surface area contributed by atoms with Crippen LogP contribution < -0.4 is 10.2 Å². The zero-order chi connectivity index (χ0) is 12.7. The van der Waals surface area contributed by atoms with Crippen LogP contribution in [0.1, 0.15) is 25.3 Å². The van der Waals surface area contributed by atoms with Crippen molar-refractivity contribution in [1.29, 1.82) is 0 Å². The number of fused-ring (bicyclic) bond motifs is 1. The fourth-order valence-electron chi connectivity index (χ4n) is 2.49. The lowest BCUT2D eigenvalue weighted by Crippen LogP contribution is -2.46. The Balaban J connectivity index is 1.78. The molecule has 1 fully saturated rings. The molecule has 1 aromatic rings. The zero-order valence-corrected chi connectivity index (χ0v) is 10.3. The number of hydrogen-bond donors (Lipinski definition) is 1. The molecule has 1 heterocycles. The number of nitrogens with zero attached hydrogens (tertiary/aromatic N) is 1. The molecule has 94 valence electrons. The van der Waals surface area contributed by atoms with Crippen LogP contribution in [0.5, 0.6) is 0 Å². The SMILES string of the molecule is CC1Cc2ccccc2N1C(=O)NC(=O)C1CC1. The highest BCUT2D eigenvalue weighted by Gasteiger charge is 2.35. The lowest BCUT2D eigenvalue weighted by atomic mass is 10.1. The summed E-state index contributed by atoms with van der Waals surface area (Å²) >= 11 is 0. The summed E-state index contributed by atoms with van der Waals surface area (Å²) in [5, 5.41) is 2.50.